The molecule has 0 N–H and O–H groups in total. The SMILES string of the molecule is O=C(CN1C(=O)SC(=Cc2ccc(N3CCCCC3)o2)C1=O)N1CCCCCC1. The second-order valence-electron chi connectivity index (χ2n) is 7.79. The average Bonchev–Trinajstić information content (AvgIpc) is 3.16. The monoisotopic (exact) mass is 417 g/mol. The molecule has 0 unspecified atom stereocenters. The molecular weight excluding hydrogens is 390 g/mol. The lowest BCUT2D eigenvalue weighted by molar-refractivity contribution is -0.135. The van der Waals surface area contributed by atoms with E-state index in [4.69, 9.17) is 4.42 Å². The van der Waals surface area contributed by atoms with E-state index in [9.17, 15) is 14.4 Å². The fourth-order valence-corrected chi connectivity index (χ4v) is 4.84. The van der Waals surface area contributed by atoms with Crippen LogP contribution in [0.4, 0.5) is 10.7 Å². The summed E-state index contributed by atoms with van der Waals surface area (Å²) in [6.07, 6.45) is 9.35. The average molecular weight is 418 g/mol. The van der Waals surface area contributed by atoms with E-state index in [0.717, 1.165) is 74.2 Å². The predicted molar refractivity (Wildman–Crippen MR) is 112 cm³/mol. The van der Waals surface area contributed by atoms with E-state index in [-0.39, 0.29) is 12.5 Å². The number of hydrogen-bond donors (Lipinski definition) is 0. The van der Waals surface area contributed by atoms with Gasteiger partial charge in [-0.05, 0) is 49.9 Å². The molecule has 156 valence electrons. The van der Waals surface area contributed by atoms with Crippen molar-refractivity contribution in [3.63, 3.8) is 0 Å². The van der Waals surface area contributed by atoms with Crippen LogP contribution in [-0.4, -0.2) is 59.6 Å². The third-order valence-corrected chi connectivity index (χ3v) is 6.59. The maximum absolute atomic E-state index is 12.7. The van der Waals surface area contributed by atoms with Crippen LogP contribution in [0.15, 0.2) is 21.5 Å². The summed E-state index contributed by atoms with van der Waals surface area (Å²) in [5.74, 6) is 0.779. The zero-order valence-electron chi connectivity index (χ0n) is 16.6. The molecule has 8 heteroatoms. The van der Waals surface area contributed by atoms with E-state index in [1.54, 1.807) is 11.0 Å². The first-order chi connectivity index (χ1) is 14.1. The van der Waals surface area contributed by atoms with Crippen LogP contribution >= 0.6 is 11.8 Å². The number of carbonyl (C=O) groups excluding carboxylic acids is 3. The van der Waals surface area contributed by atoms with Crippen LogP contribution in [0.1, 0.15) is 50.7 Å². The number of nitrogens with zero attached hydrogens (tertiary/aromatic N) is 3. The van der Waals surface area contributed by atoms with Crippen molar-refractivity contribution in [1.29, 1.82) is 0 Å². The zero-order valence-corrected chi connectivity index (χ0v) is 17.4. The fraction of sp³-hybridized carbons (Fsp3) is 0.571. The Morgan fingerprint density at radius 3 is 2.34 bits per heavy atom. The van der Waals surface area contributed by atoms with Gasteiger partial charge in [-0.1, -0.05) is 12.8 Å². The van der Waals surface area contributed by atoms with Gasteiger partial charge >= 0.3 is 0 Å². The highest BCUT2D eigenvalue weighted by Crippen LogP contribution is 2.33. The van der Waals surface area contributed by atoms with Crippen LogP contribution in [0.5, 0.6) is 0 Å². The van der Waals surface area contributed by atoms with Crippen molar-refractivity contribution < 1.29 is 18.8 Å². The maximum Gasteiger partial charge on any atom is 0.294 e. The predicted octanol–water partition coefficient (Wildman–Crippen LogP) is 3.71. The summed E-state index contributed by atoms with van der Waals surface area (Å²) in [7, 11) is 0. The Bertz CT molecular complexity index is 805. The number of piperidine rings is 1. The molecule has 0 aliphatic carbocycles. The number of hydrogen-bond acceptors (Lipinski definition) is 6. The third kappa shape index (κ3) is 4.69. The molecule has 29 heavy (non-hydrogen) atoms. The van der Waals surface area contributed by atoms with Crippen LogP contribution in [0, 0.1) is 0 Å². The molecule has 0 aromatic carbocycles. The van der Waals surface area contributed by atoms with Gasteiger partial charge in [-0.3, -0.25) is 19.3 Å². The second kappa shape index (κ2) is 9.07. The topological polar surface area (TPSA) is 74.1 Å². The summed E-state index contributed by atoms with van der Waals surface area (Å²) in [5.41, 5.74) is 0. The minimum Gasteiger partial charge on any atom is -0.441 e. The Labute approximate surface area is 175 Å². The molecular formula is C21H27N3O4S. The third-order valence-electron chi connectivity index (χ3n) is 5.68. The number of imide groups is 1. The van der Waals surface area contributed by atoms with Gasteiger partial charge in [0.05, 0.1) is 4.91 Å². The number of carbonyl (C=O) groups is 3. The smallest absolute Gasteiger partial charge is 0.294 e. The zero-order chi connectivity index (χ0) is 20.2. The largest absolute Gasteiger partial charge is 0.441 e. The summed E-state index contributed by atoms with van der Waals surface area (Å²) >= 11 is 0.868. The van der Waals surface area contributed by atoms with E-state index in [0.29, 0.717) is 23.8 Å². The summed E-state index contributed by atoms with van der Waals surface area (Å²) in [5, 5.41) is -0.396. The Morgan fingerprint density at radius 2 is 1.62 bits per heavy atom. The molecule has 0 radical (unpaired) electrons. The highest BCUT2D eigenvalue weighted by molar-refractivity contribution is 8.18. The van der Waals surface area contributed by atoms with E-state index >= 15 is 0 Å². The second-order valence-corrected chi connectivity index (χ2v) is 8.78. The molecule has 3 saturated heterocycles. The Balaban J connectivity index is 1.41. The van der Waals surface area contributed by atoms with Crippen LogP contribution in [0.3, 0.4) is 0 Å². The van der Waals surface area contributed by atoms with Gasteiger partial charge in [-0.2, -0.15) is 0 Å². The first kappa shape index (κ1) is 20.1. The quantitative estimate of drug-likeness (QED) is 0.696. The number of amides is 3. The van der Waals surface area contributed by atoms with Gasteiger partial charge in [-0.25, -0.2) is 0 Å². The summed E-state index contributed by atoms with van der Waals surface area (Å²) in [4.78, 5) is 43.0. The minimum absolute atomic E-state index is 0.152. The van der Waals surface area contributed by atoms with E-state index < -0.39 is 11.1 Å². The molecule has 3 fully saturated rings. The van der Waals surface area contributed by atoms with Gasteiger partial charge in [0.15, 0.2) is 5.88 Å². The van der Waals surface area contributed by atoms with E-state index in [1.807, 2.05) is 12.1 Å². The fourth-order valence-electron chi connectivity index (χ4n) is 4.02. The molecule has 0 saturated carbocycles. The van der Waals surface area contributed by atoms with Crippen molar-refractivity contribution in [2.75, 3.05) is 37.6 Å². The summed E-state index contributed by atoms with van der Waals surface area (Å²) in [6, 6.07) is 3.73. The van der Waals surface area contributed by atoms with Crippen molar-refractivity contribution in [2.24, 2.45) is 0 Å². The van der Waals surface area contributed by atoms with Gasteiger partial charge < -0.3 is 14.2 Å². The number of rotatable bonds is 4. The lowest BCUT2D eigenvalue weighted by atomic mass is 10.1. The summed E-state index contributed by atoms with van der Waals surface area (Å²) < 4.78 is 5.87. The molecule has 4 heterocycles. The first-order valence-corrected chi connectivity index (χ1v) is 11.3. The van der Waals surface area contributed by atoms with Gasteiger partial charge in [0.1, 0.15) is 12.3 Å². The maximum atomic E-state index is 12.7. The Morgan fingerprint density at radius 1 is 0.966 bits per heavy atom. The number of furan rings is 1. The van der Waals surface area contributed by atoms with Crippen LogP contribution < -0.4 is 4.90 Å². The molecule has 1 aromatic rings. The standard InChI is InChI=1S/C21H27N3O4S/c25-18(22-10-4-1-2-5-11-22)15-24-20(26)17(29-21(24)27)14-16-8-9-19(28-16)23-12-6-3-7-13-23/h8-9,14H,1-7,10-13,15H2. The number of anilines is 1. The van der Waals surface area contributed by atoms with Gasteiger partial charge in [0.25, 0.3) is 11.1 Å². The molecule has 4 rings (SSSR count). The highest BCUT2D eigenvalue weighted by Gasteiger charge is 2.37. The summed E-state index contributed by atoms with van der Waals surface area (Å²) in [6.45, 7) is 3.18. The molecule has 3 amide bonds. The van der Waals surface area contributed by atoms with Gasteiger partial charge in [0, 0.05) is 38.3 Å². The molecule has 7 nitrogen and oxygen atoms in total. The first-order valence-electron chi connectivity index (χ1n) is 10.5. The van der Waals surface area contributed by atoms with Gasteiger partial charge in [-0.15, -0.1) is 0 Å². The molecule has 3 aliphatic rings. The van der Waals surface area contributed by atoms with Crippen molar-refractivity contribution >= 4 is 40.8 Å². The molecule has 0 spiro atoms. The van der Waals surface area contributed by atoms with Crippen LogP contribution in [0.2, 0.25) is 0 Å². The Hall–Kier alpha value is -2.22. The van der Waals surface area contributed by atoms with Crippen molar-refractivity contribution in [3.05, 3.63) is 22.8 Å². The minimum atomic E-state index is -0.418. The highest BCUT2D eigenvalue weighted by atomic mass is 32.2. The molecule has 0 atom stereocenters. The number of thioether (sulfide) groups is 1. The molecule has 1 aromatic heterocycles. The van der Waals surface area contributed by atoms with Crippen LogP contribution in [0.25, 0.3) is 6.08 Å². The molecule has 0 bridgehead atoms. The molecule has 3 aliphatic heterocycles. The van der Waals surface area contributed by atoms with Crippen molar-refractivity contribution in [1.82, 2.24) is 9.80 Å². The van der Waals surface area contributed by atoms with Crippen LogP contribution in [-0.2, 0) is 9.59 Å². The normalized spacial score (nSPS) is 22.5. The number of likely N-dealkylation sites (tertiary alicyclic amines) is 1. The lowest BCUT2D eigenvalue weighted by Gasteiger charge is -2.25. The Kier molecular flexibility index (Phi) is 6.28. The van der Waals surface area contributed by atoms with Crippen molar-refractivity contribution in [2.45, 2.75) is 44.9 Å². The lowest BCUT2D eigenvalue weighted by Crippen LogP contribution is -2.42. The van der Waals surface area contributed by atoms with Crippen molar-refractivity contribution in [3.8, 4) is 0 Å². The van der Waals surface area contributed by atoms with Gasteiger partial charge in [0.2, 0.25) is 5.91 Å². The van der Waals surface area contributed by atoms with E-state index in [1.165, 1.54) is 6.42 Å². The van der Waals surface area contributed by atoms with E-state index in [2.05, 4.69) is 4.90 Å².